The molecule has 0 radical (unpaired) electrons. The van der Waals surface area contributed by atoms with Crippen LogP contribution in [0.15, 0.2) is 24.3 Å². The summed E-state index contributed by atoms with van der Waals surface area (Å²) in [5.74, 6) is -1.73. The van der Waals surface area contributed by atoms with E-state index in [0.717, 1.165) is 5.56 Å². The molecule has 84 valence electrons. The molecule has 0 aliphatic carbocycles. The van der Waals surface area contributed by atoms with Crippen LogP contribution in [0.25, 0.3) is 0 Å². The monoisotopic (exact) mass is 209 g/mol. The van der Waals surface area contributed by atoms with Gasteiger partial charge in [0.05, 0.1) is 0 Å². The van der Waals surface area contributed by atoms with Crippen LogP contribution in [0.4, 0.5) is 0 Å². The molecule has 0 aliphatic rings. The first-order valence-corrected chi connectivity index (χ1v) is 5.08. The SMILES string of the molecule is Cc1cccc(C(O)(O)CCN(C)C)c1. The van der Waals surface area contributed by atoms with Crippen LogP contribution in [0.2, 0.25) is 0 Å². The van der Waals surface area contributed by atoms with Gasteiger partial charge in [0.1, 0.15) is 0 Å². The Morgan fingerprint density at radius 3 is 2.47 bits per heavy atom. The van der Waals surface area contributed by atoms with Gasteiger partial charge in [-0.1, -0.05) is 29.8 Å². The van der Waals surface area contributed by atoms with Gasteiger partial charge in [-0.15, -0.1) is 0 Å². The molecule has 0 amide bonds. The molecule has 1 aromatic rings. The van der Waals surface area contributed by atoms with Crippen molar-refractivity contribution in [2.75, 3.05) is 20.6 Å². The highest BCUT2D eigenvalue weighted by molar-refractivity contribution is 5.25. The van der Waals surface area contributed by atoms with E-state index in [1.165, 1.54) is 0 Å². The number of benzene rings is 1. The Morgan fingerprint density at radius 2 is 1.93 bits per heavy atom. The molecule has 0 atom stereocenters. The van der Waals surface area contributed by atoms with E-state index in [-0.39, 0.29) is 0 Å². The molecule has 0 saturated carbocycles. The molecule has 3 heteroatoms. The number of hydrogen-bond donors (Lipinski definition) is 2. The van der Waals surface area contributed by atoms with E-state index in [0.29, 0.717) is 18.5 Å². The third-order valence-corrected chi connectivity index (χ3v) is 2.39. The predicted octanol–water partition coefficient (Wildman–Crippen LogP) is 1.08. The van der Waals surface area contributed by atoms with E-state index >= 15 is 0 Å². The lowest BCUT2D eigenvalue weighted by Gasteiger charge is -2.24. The Hall–Kier alpha value is -0.900. The molecule has 0 heterocycles. The minimum Gasteiger partial charge on any atom is -0.362 e. The van der Waals surface area contributed by atoms with Crippen LogP contribution in [0.1, 0.15) is 17.5 Å². The summed E-state index contributed by atoms with van der Waals surface area (Å²) in [4.78, 5) is 1.93. The molecule has 0 spiro atoms. The van der Waals surface area contributed by atoms with Crippen molar-refractivity contribution in [1.82, 2.24) is 4.90 Å². The van der Waals surface area contributed by atoms with Crippen molar-refractivity contribution in [1.29, 1.82) is 0 Å². The maximum Gasteiger partial charge on any atom is 0.190 e. The van der Waals surface area contributed by atoms with Gasteiger partial charge in [-0.3, -0.25) is 0 Å². The van der Waals surface area contributed by atoms with Crippen LogP contribution in [0, 0.1) is 6.92 Å². The third kappa shape index (κ3) is 3.63. The average Bonchev–Trinajstić information content (AvgIpc) is 2.15. The van der Waals surface area contributed by atoms with E-state index in [1.807, 2.05) is 38.1 Å². The summed E-state index contributed by atoms with van der Waals surface area (Å²) in [7, 11) is 3.82. The predicted molar refractivity (Wildman–Crippen MR) is 60.5 cm³/mol. The second-order valence-corrected chi connectivity index (χ2v) is 4.24. The molecule has 0 fully saturated rings. The highest BCUT2D eigenvalue weighted by Gasteiger charge is 2.25. The lowest BCUT2D eigenvalue weighted by atomic mass is 10.0. The molecule has 1 rings (SSSR count). The largest absolute Gasteiger partial charge is 0.362 e. The lowest BCUT2D eigenvalue weighted by molar-refractivity contribution is -0.176. The lowest BCUT2D eigenvalue weighted by Crippen LogP contribution is -2.30. The smallest absolute Gasteiger partial charge is 0.190 e. The van der Waals surface area contributed by atoms with E-state index in [2.05, 4.69) is 0 Å². The van der Waals surface area contributed by atoms with Gasteiger partial charge < -0.3 is 15.1 Å². The van der Waals surface area contributed by atoms with Gasteiger partial charge in [0.2, 0.25) is 0 Å². The van der Waals surface area contributed by atoms with Crippen LogP contribution >= 0.6 is 0 Å². The number of aliphatic hydroxyl groups is 2. The first-order chi connectivity index (χ1) is 6.92. The molecular formula is C12H19NO2. The molecule has 0 bridgehead atoms. The van der Waals surface area contributed by atoms with Crippen molar-refractivity contribution in [2.45, 2.75) is 19.1 Å². The summed E-state index contributed by atoms with van der Waals surface area (Å²) in [6, 6.07) is 7.31. The van der Waals surface area contributed by atoms with Gasteiger partial charge in [0.15, 0.2) is 5.79 Å². The van der Waals surface area contributed by atoms with Crippen LogP contribution in [0.3, 0.4) is 0 Å². The number of nitrogens with zero attached hydrogens (tertiary/aromatic N) is 1. The minimum atomic E-state index is -1.73. The zero-order valence-corrected chi connectivity index (χ0v) is 9.57. The Balaban J connectivity index is 2.76. The Bertz CT molecular complexity index is 321. The van der Waals surface area contributed by atoms with Gasteiger partial charge in [-0.05, 0) is 21.0 Å². The number of rotatable bonds is 4. The molecule has 0 saturated heterocycles. The molecule has 0 unspecified atom stereocenters. The van der Waals surface area contributed by atoms with Crippen LogP contribution in [-0.4, -0.2) is 35.8 Å². The van der Waals surface area contributed by atoms with Gasteiger partial charge >= 0.3 is 0 Å². The van der Waals surface area contributed by atoms with Crippen molar-refractivity contribution in [2.24, 2.45) is 0 Å². The van der Waals surface area contributed by atoms with E-state index in [9.17, 15) is 10.2 Å². The Morgan fingerprint density at radius 1 is 1.27 bits per heavy atom. The summed E-state index contributed by atoms with van der Waals surface area (Å²) in [6.45, 7) is 2.58. The normalized spacial score (nSPS) is 12.1. The molecule has 3 nitrogen and oxygen atoms in total. The highest BCUT2D eigenvalue weighted by atomic mass is 16.5. The fraction of sp³-hybridized carbons (Fsp3) is 0.500. The molecular weight excluding hydrogens is 190 g/mol. The van der Waals surface area contributed by atoms with Gasteiger partial charge in [0.25, 0.3) is 0 Å². The second-order valence-electron chi connectivity index (χ2n) is 4.24. The molecule has 0 aromatic heterocycles. The van der Waals surface area contributed by atoms with Gasteiger partial charge in [0, 0.05) is 18.5 Å². The van der Waals surface area contributed by atoms with Crippen molar-refractivity contribution in [3.63, 3.8) is 0 Å². The Labute approximate surface area is 91.0 Å². The summed E-state index contributed by atoms with van der Waals surface area (Å²) in [6.07, 6.45) is 0.309. The van der Waals surface area contributed by atoms with Gasteiger partial charge in [-0.25, -0.2) is 0 Å². The first kappa shape index (κ1) is 12.2. The van der Waals surface area contributed by atoms with Crippen LogP contribution in [-0.2, 0) is 5.79 Å². The molecule has 2 N–H and O–H groups in total. The van der Waals surface area contributed by atoms with Gasteiger partial charge in [-0.2, -0.15) is 0 Å². The first-order valence-electron chi connectivity index (χ1n) is 5.08. The van der Waals surface area contributed by atoms with Crippen molar-refractivity contribution in [3.05, 3.63) is 35.4 Å². The zero-order valence-electron chi connectivity index (χ0n) is 9.57. The second kappa shape index (κ2) is 4.75. The summed E-state index contributed by atoms with van der Waals surface area (Å²) < 4.78 is 0. The standard InChI is InChI=1S/C12H19NO2/c1-10-5-4-6-11(9-10)12(14,15)7-8-13(2)3/h4-6,9,14-15H,7-8H2,1-3H3. The van der Waals surface area contributed by atoms with E-state index in [4.69, 9.17) is 0 Å². The molecule has 1 aromatic carbocycles. The minimum absolute atomic E-state index is 0.309. The fourth-order valence-electron chi connectivity index (χ4n) is 1.42. The number of hydrogen-bond acceptors (Lipinski definition) is 3. The average molecular weight is 209 g/mol. The molecule has 0 aliphatic heterocycles. The number of aryl methyl sites for hydroxylation is 1. The van der Waals surface area contributed by atoms with Crippen LogP contribution in [0.5, 0.6) is 0 Å². The van der Waals surface area contributed by atoms with E-state index in [1.54, 1.807) is 12.1 Å². The van der Waals surface area contributed by atoms with Crippen molar-refractivity contribution in [3.8, 4) is 0 Å². The summed E-state index contributed by atoms with van der Waals surface area (Å²) in [5.41, 5.74) is 1.59. The fourth-order valence-corrected chi connectivity index (χ4v) is 1.42. The quantitative estimate of drug-likeness (QED) is 0.729. The van der Waals surface area contributed by atoms with Crippen LogP contribution < -0.4 is 0 Å². The topological polar surface area (TPSA) is 43.7 Å². The summed E-state index contributed by atoms with van der Waals surface area (Å²) >= 11 is 0. The maximum atomic E-state index is 9.89. The Kier molecular flexibility index (Phi) is 3.85. The van der Waals surface area contributed by atoms with Crippen molar-refractivity contribution < 1.29 is 10.2 Å². The summed E-state index contributed by atoms with van der Waals surface area (Å²) in [5, 5.41) is 19.8. The zero-order chi connectivity index (χ0) is 11.5. The highest BCUT2D eigenvalue weighted by Crippen LogP contribution is 2.22. The molecule has 15 heavy (non-hydrogen) atoms. The van der Waals surface area contributed by atoms with Crippen molar-refractivity contribution >= 4 is 0 Å². The maximum absolute atomic E-state index is 9.89. The van der Waals surface area contributed by atoms with E-state index < -0.39 is 5.79 Å². The third-order valence-electron chi connectivity index (χ3n) is 2.39.